The van der Waals surface area contributed by atoms with Crippen molar-refractivity contribution in [2.45, 2.75) is 20.0 Å². The van der Waals surface area contributed by atoms with E-state index in [-0.39, 0.29) is 17.9 Å². The van der Waals surface area contributed by atoms with Gasteiger partial charge in [-0.05, 0) is 36.4 Å². The molecule has 25 heavy (non-hydrogen) atoms. The number of thiophene rings is 1. The number of rotatable bonds is 5. The Labute approximate surface area is 147 Å². The van der Waals surface area contributed by atoms with E-state index in [2.05, 4.69) is 10.6 Å². The number of nitro benzene ring substituents is 1. The van der Waals surface area contributed by atoms with Gasteiger partial charge >= 0.3 is 11.8 Å². The summed E-state index contributed by atoms with van der Waals surface area (Å²) in [6.45, 7) is 3.39. The SMILES string of the molecule is Cc1ccc([N+](=O)[O-])cc1NC(=O)C(=O)NCC(O)c1sccc1C. The Kier molecular flexibility index (Phi) is 5.84. The number of carbonyl (C=O) groups is 2. The van der Waals surface area contributed by atoms with E-state index in [1.165, 1.54) is 29.5 Å². The van der Waals surface area contributed by atoms with Crippen LogP contribution in [0, 0.1) is 24.0 Å². The molecule has 0 saturated carbocycles. The zero-order chi connectivity index (χ0) is 18.6. The number of carbonyl (C=O) groups excluding carboxylic acids is 2. The molecule has 0 radical (unpaired) electrons. The maximum atomic E-state index is 11.9. The van der Waals surface area contributed by atoms with Gasteiger partial charge in [0.05, 0.1) is 10.6 Å². The summed E-state index contributed by atoms with van der Waals surface area (Å²) in [7, 11) is 0. The number of nitrogens with one attached hydrogen (secondary N) is 2. The van der Waals surface area contributed by atoms with Crippen molar-refractivity contribution in [3.05, 3.63) is 55.8 Å². The molecule has 1 heterocycles. The van der Waals surface area contributed by atoms with Gasteiger partial charge in [0.1, 0.15) is 6.10 Å². The van der Waals surface area contributed by atoms with Gasteiger partial charge in [0.2, 0.25) is 0 Å². The van der Waals surface area contributed by atoms with Crippen molar-refractivity contribution in [2.75, 3.05) is 11.9 Å². The lowest BCUT2D eigenvalue weighted by molar-refractivity contribution is -0.384. The molecule has 1 unspecified atom stereocenters. The number of nitro groups is 1. The number of anilines is 1. The molecule has 1 atom stereocenters. The van der Waals surface area contributed by atoms with Crippen LogP contribution in [0.5, 0.6) is 0 Å². The topological polar surface area (TPSA) is 122 Å². The lowest BCUT2D eigenvalue weighted by Crippen LogP contribution is -2.37. The Bertz CT molecular complexity index is 818. The van der Waals surface area contributed by atoms with E-state index in [0.717, 1.165) is 10.4 Å². The van der Waals surface area contributed by atoms with Crippen LogP contribution >= 0.6 is 11.3 Å². The molecule has 8 nitrogen and oxygen atoms in total. The molecule has 9 heteroatoms. The highest BCUT2D eigenvalue weighted by Gasteiger charge is 2.19. The Morgan fingerprint density at radius 3 is 2.56 bits per heavy atom. The molecular weight excluding hydrogens is 346 g/mol. The molecule has 2 aromatic rings. The second-order valence-corrected chi connectivity index (χ2v) is 6.35. The van der Waals surface area contributed by atoms with Crippen molar-refractivity contribution in [2.24, 2.45) is 0 Å². The number of amides is 2. The molecule has 1 aromatic carbocycles. The second-order valence-electron chi connectivity index (χ2n) is 5.40. The molecule has 3 N–H and O–H groups in total. The van der Waals surface area contributed by atoms with Gasteiger partial charge < -0.3 is 15.7 Å². The van der Waals surface area contributed by atoms with Gasteiger partial charge in [0, 0.05) is 23.6 Å². The zero-order valence-corrected chi connectivity index (χ0v) is 14.4. The summed E-state index contributed by atoms with van der Waals surface area (Å²) in [5, 5.41) is 27.3. The quantitative estimate of drug-likeness (QED) is 0.426. The molecule has 0 aliphatic heterocycles. The van der Waals surface area contributed by atoms with Crippen LogP contribution in [0.1, 0.15) is 22.1 Å². The van der Waals surface area contributed by atoms with E-state index in [0.29, 0.717) is 5.56 Å². The monoisotopic (exact) mass is 363 g/mol. The van der Waals surface area contributed by atoms with Crippen LogP contribution in [0.4, 0.5) is 11.4 Å². The van der Waals surface area contributed by atoms with Crippen molar-refractivity contribution >= 4 is 34.5 Å². The lowest BCUT2D eigenvalue weighted by Gasteiger charge is -2.12. The molecule has 2 rings (SSSR count). The first-order valence-electron chi connectivity index (χ1n) is 7.36. The minimum absolute atomic E-state index is 0.110. The van der Waals surface area contributed by atoms with Crippen LogP contribution in [0.3, 0.4) is 0 Å². The molecule has 0 bridgehead atoms. The smallest absolute Gasteiger partial charge is 0.313 e. The fourth-order valence-corrected chi connectivity index (χ4v) is 3.04. The highest BCUT2D eigenvalue weighted by Crippen LogP contribution is 2.23. The largest absolute Gasteiger partial charge is 0.386 e. The standard InChI is InChI=1S/C16H17N3O5S/c1-9-3-4-11(19(23)24)7-12(9)18-16(22)15(21)17-8-13(20)14-10(2)5-6-25-14/h3-7,13,20H,8H2,1-2H3,(H,17,21)(H,18,22). The number of hydrogen-bond acceptors (Lipinski definition) is 6. The van der Waals surface area contributed by atoms with Gasteiger partial charge in [-0.1, -0.05) is 6.07 Å². The summed E-state index contributed by atoms with van der Waals surface area (Å²) < 4.78 is 0. The number of nitrogens with zero attached hydrogens (tertiary/aromatic N) is 1. The Balaban J connectivity index is 1.97. The molecule has 0 fully saturated rings. The molecule has 0 aliphatic carbocycles. The fourth-order valence-electron chi connectivity index (χ4n) is 2.13. The summed E-state index contributed by atoms with van der Waals surface area (Å²) in [4.78, 5) is 34.7. The van der Waals surface area contributed by atoms with Crippen LogP contribution in [0.15, 0.2) is 29.6 Å². The van der Waals surface area contributed by atoms with Gasteiger partial charge in [-0.3, -0.25) is 19.7 Å². The number of non-ortho nitro benzene ring substituents is 1. The number of benzene rings is 1. The predicted octanol–water partition coefficient (Wildman–Crippen LogP) is 2.06. The number of aliphatic hydroxyl groups excluding tert-OH is 1. The average Bonchev–Trinajstić information content (AvgIpc) is 3.00. The lowest BCUT2D eigenvalue weighted by atomic mass is 10.2. The van der Waals surface area contributed by atoms with Crippen LogP contribution in [0.2, 0.25) is 0 Å². The summed E-state index contributed by atoms with van der Waals surface area (Å²) in [6, 6.07) is 5.83. The number of aryl methyl sites for hydroxylation is 2. The van der Waals surface area contributed by atoms with E-state index < -0.39 is 22.8 Å². The summed E-state index contributed by atoms with van der Waals surface area (Å²) in [6.07, 6.45) is -0.906. The second kappa shape index (κ2) is 7.86. The molecular formula is C16H17N3O5S. The first-order chi connectivity index (χ1) is 11.8. The van der Waals surface area contributed by atoms with Gasteiger partial charge in [-0.2, -0.15) is 0 Å². The molecule has 1 aromatic heterocycles. The van der Waals surface area contributed by atoms with Crippen molar-refractivity contribution < 1.29 is 19.6 Å². The van der Waals surface area contributed by atoms with Gasteiger partial charge in [-0.15, -0.1) is 11.3 Å². The van der Waals surface area contributed by atoms with E-state index in [1.807, 2.05) is 18.4 Å². The molecule has 2 amide bonds. The molecule has 0 spiro atoms. The Morgan fingerprint density at radius 1 is 1.24 bits per heavy atom. The average molecular weight is 363 g/mol. The van der Waals surface area contributed by atoms with Crippen LogP contribution in [-0.4, -0.2) is 28.4 Å². The third-order valence-corrected chi connectivity index (χ3v) is 4.67. The van der Waals surface area contributed by atoms with Gasteiger partial charge in [0.15, 0.2) is 0 Å². The zero-order valence-electron chi connectivity index (χ0n) is 13.6. The molecule has 0 aliphatic rings. The first-order valence-corrected chi connectivity index (χ1v) is 8.24. The molecule has 132 valence electrons. The Hall–Kier alpha value is -2.78. The van der Waals surface area contributed by atoms with E-state index in [4.69, 9.17) is 0 Å². The van der Waals surface area contributed by atoms with Crippen molar-refractivity contribution in [3.8, 4) is 0 Å². The highest BCUT2D eigenvalue weighted by atomic mass is 32.1. The predicted molar refractivity (Wildman–Crippen MR) is 93.5 cm³/mol. The van der Waals surface area contributed by atoms with Crippen LogP contribution in [-0.2, 0) is 9.59 Å². The van der Waals surface area contributed by atoms with E-state index in [1.54, 1.807) is 6.92 Å². The fraction of sp³-hybridized carbons (Fsp3) is 0.250. The summed E-state index contributed by atoms with van der Waals surface area (Å²) >= 11 is 1.36. The van der Waals surface area contributed by atoms with E-state index >= 15 is 0 Å². The van der Waals surface area contributed by atoms with Gasteiger partial charge in [0.25, 0.3) is 5.69 Å². The third kappa shape index (κ3) is 4.61. The Morgan fingerprint density at radius 2 is 1.96 bits per heavy atom. The molecule has 0 saturated heterocycles. The minimum Gasteiger partial charge on any atom is -0.386 e. The van der Waals surface area contributed by atoms with Crippen LogP contribution in [0.25, 0.3) is 0 Å². The maximum absolute atomic E-state index is 11.9. The number of hydrogen-bond donors (Lipinski definition) is 3. The summed E-state index contributed by atoms with van der Waals surface area (Å²) in [5.41, 5.74) is 1.48. The van der Waals surface area contributed by atoms with E-state index in [9.17, 15) is 24.8 Å². The summed E-state index contributed by atoms with van der Waals surface area (Å²) in [5.74, 6) is -1.89. The van der Waals surface area contributed by atoms with Crippen molar-refractivity contribution in [1.82, 2.24) is 5.32 Å². The minimum atomic E-state index is -0.960. The van der Waals surface area contributed by atoms with Gasteiger partial charge in [-0.25, -0.2) is 0 Å². The third-order valence-electron chi connectivity index (χ3n) is 3.55. The first kappa shape index (κ1) is 18.6. The van der Waals surface area contributed by atoms with Crippen molar-refractivity contribution in [3.63, 3.8) is 0 Å². The number of aliphatic hydroxyl groups is 1. The van der Waals surface area contributed by atoms with Crippen molar-refractivity contribution in [1.29, 1.82) is 0 Å². The van der Waals surface area contributed by atoms with Crippen LogP contribution < -0.4 is 10.6 Å². The maximum Gasteiger partial charge on any atom is 0.313 e. The highest BCUT2D eigenvalue weighted by molar-refractivity contribution is 7.10. The normalized spacial score (nSPS) is 11.6.